The van der Waals surface area contributed by atoms with E-state index >= 15 is 0 Å². The van der Waals surface area contributed by atoms with Crippen LogP contribution < -0.4 is 11.1 Å². The number of benzene rings is 1. The largest absolute Gasteiger partial charge is 0.369 e. The molecule has 1 aliphatic heterocycles. The van der Waals surface area contributed by atoms with Crippen molar-refractivity contribution in [3.63, 3.8) is 0 Å². The van der Waals surface area contributed by atoms with Gasteiger partial charge in [-0.3, -0.25) is 14.5 Å². The number of rotatable bonds is 3. The number of anilines is 1. The van der Waals surface area contributed by atoms with E-state index in [-0.39, 0.29) is 24.2 Å². The van der Waals surface area contributed by atoms with E-state index in [1.54, 1.807) is 23.7 Å². The van der Waals surface area contributed by atoms with Crippen LogP contribution in [0.2, 0.25) is 0 Å². The lowest BCUT2D eigenvalue weighted by Gasteiger charge is -2.33. The Balaban J connectivity index is 1.60. The standard InChI is InChI=1S/C20H20N6O2/c1-20(11-17(27)25(2)19(21)24-20)13-6-5-7-14(10-13)22-18(28)15-12-26-9-4-3-8-16(26)23-15/h3-10,12H,11H2,1-2H3,(H2,21,24)(H,22,28)/t20-/m0/s1. The number of nitrogens with zero attached hydrogens (tertiary/aromatic N) is 4. The van der Waals surface area contributed by atoms with E-state index in [1.165, 1.54) is 4.90 Å². The normalized spacial score (nSPS) is 19.6. The fourth-order valence-electron chi connectivity index (χ4n) is 3.25. The zero-order valence-corrected chi connectivity index (χ0v) is 15.6. The van der Waals surface area contributed by atoms with Gasteiger partial charge in [-0.1, -0.05) is 18.2 Å². The quantitative estimate of drug-likeness (QED) is 0.729. The number of aliphatic imine (C=N–C) groups is 1. The van der Waals surface area contributed by atoms with Crippen molar-refractivity contribution in [3.05, 3.63) is 66.1 Å². The number of hydrogen-bond donors (Lipinski definition) is 2. The Morgan fingerprint density at radius 2 is 2.07 bits per heavy atom. The third kappa shape index (κ3) is 3.09. The molecular weight excluding hydrogens is 356 g/mol. The first-order chi connectivity index (χ1) is 13.4. The molecule has 1 aliphatic rings. The number of hydrogen-bond acceptors (Lipinski definition) is 5. The maximum absolute atomic E-state index is 12.6. The number of imidazole rings is 1. The van der Waals surface area contributed by atoms with Gasteiger partial charge in [-0.2, -0.15) is 0 Å². The van der Waals surface area contributed by atoms with Crippen molar-refractivity contribution in [2.45, 2.75) is 18.9 Å². The second-order valence-corrected chi connectivity index (χ2v) is 7.00. The number of nitrogens with one attached hydrogen (secondary N) is 1. The van der Waals surface area contributed by atoms with Crippen LogP contribution in [0.4, 0.5) is 5.69 Å². The summed E-state index contributed by atoms with van der Waals surface area (Å²) >= 11 is 0. The molecule has 4 rings (SSSR count). The molecule has 0 spiro atoms. The second-order valence-electron chi connectivity index (χ2n) is 7.00. The highest BCUT2D eigenvalue weighted by atomic mass is 16.2. The SMILES string of the molecule is CN1C(=O)C[C@@](C)(c2cccc(NC(=O)c3cn4ccccc4n3)c2)N=C1N. The Morgan fingerprint density at radius 1 is 1.25 bits per heavy atom. The van der Waals surface area contributed by atoms with Gasteiger partial charge in [0.25, 0.3) is 5.91 Å². The number of pyridine rings is 1. The Labute approximate surface area is 161 Å². The van der Waals surface area contributed by atoms with Crippen molar-refractivity contribution in [2.24, 2.45) is 10.7 Å². The van der Waals surface area contributed by atoms with Crippen LogP contribution in [0.1, 0.15) is 29.4 Å². The number of nitrogens with two attached hydrogens (primary N) is 1. The predicted molar refractivity (Wildman–Crippen MR) is 106 cm³/mol. The summed E-state index contributed by atoms with van der Waals surface area (Å²) in [4.78, 5) is 35.0. The molecule has 8 nitrogen and oxygen atoms in total. The third-order valence-electron chi connectivity index (χ3n) is 4.91. The fourth-order valence-corrected chi connectivity index (χ4v) is 3.25. The van der Waals surface area contributed by atoms with Crippen LogP contribution in [0.3, 0.4) is 0 Å². The molecule has 28 heavy (non-hydrogen) atoms. The summed E-state index contributed by atoms with van der Waals surface area (Å²) in [5, 5.41) is 2.86. The second kappa shape index (κ2) is 6.49. The number of aromatic nitrogens is 2. The monoisotopic (exact) mass is 376 g/mol. The minimum atomic E-state index is -0.780. The van der Waals surface area contributed by atoms with Gasteiger partial charge in [0.15, 0.2) is 5.96 Å². The third-order valence-corrected chi connectivity index (χ3v) is 4.91. The zero-order valence-electron chi connectivity index (χ0n) is 15.6. The first kappa shape index (κ1) is 17.7. The molecule has 0 aliphatic carbocycles. The van der Waals surface area contributed by atoms with Crippen molar-refractivity contribution in [1.82, 2.24) is 14.3 Å². The maximum atomic E-state index is 12.6. The van der Waals surface area contributed by atoms with E-state index in [1.807, 2.05) is 49.5 Å². The molecule has 0 saturated heterocycles. The molecule has 142 valence electrons. The number of fused-ring (bicyclic) bond motifs is 1. The van der Waals surface area contributed by atoms with Gasteiger partial charge >= 0.3 is 0 Å². The Hall–Kier alpha value is -3.68. The summed E-state index contributed by atoms with van der Waals surface area (Å²) in [6.45, 7) is 1.85. The van der Waals surface area contributed by atoms with Crippen LogP contribution in [0.5, 0.6) is 0 Å². The summed E-state index contributed by atoms with van der Waals surface area (Å²) in [6.07, 6.45) is 3.71. The molecule has 1 atom stereocenters. The van der Waals surface area contributed by atoms with Crippen molar-refractivity contribution in [3.8, 4) is 0 Å². The molecule has 0 fully saturated rings. The van der Waals surface area contributed by atoms with Crippen LogP contribution in [-0.2, 0) is 10.3 Å². The van der Waals surface area contributed by atoms with Crippen LogP contribution >= 0.6 is 0 Å². The van der Waals surface area contributed by atoms with E-state index in [2.05, 4.69) is 15.3 Å². The summed E-state index contributed by atoms with van der Waals surface area (Å²) in [7, 11) is 1.60. The van der Waals surface area contributed by atoms with E-state index in [0.29, 0.717) is 17.0 Å². The Morgan fingerprint density at radius 3 is 2.82 bits per heavy atom. The summed E-state index contributed by atoms with van der Waals surface area (Å²) < 4.78 is 1.79. The molecule has 3 aromatic rings. The van der Waals surface area contributed by atoms with Gasteiger partial charge in [0.05, 0.1) is 12.0 Å². The minimum Gasteiger partial charge on any atom is -0.369 e. The van der Waals surface area contributed by atoms with Gasteiger partial charge < -0.3 is 15.5 Å². The Kier molecular flexibility index (Phi) is 4.11. The Bertz CT molecular complexity index is 1090. The summed E-state index contributed by atoms with van der Waals surface area (Å²) in [6, 6.07) is 12.8. The number of carbonyl (C=O) groups excluding carboxylic acids is 2. The van der Waals surface area contributed by atoms with Gasteiger partial charge in [-0.05, 0) is 36.8 Å². The van der Waals surface area contributed by atoms with Gasteiger partial charge in [-0.25, -0.2) is 9.98 Å². The first-order valence-electron chi connectivity index (χ1n) is 8.83. The molecule has 0 unspecified atom stereocenters. The van der Waals surface area contributed by atoms with Gasteiger partial charge in [-0.15, -0.1) is 0 Å². The number of guanidine groups is 1. The summed E-state index contributed by atoms with van der Waals surface area (Å²) in [5.41, 5.74) is 7.52. The van der Waals surface area contributed by atoms with E-state index in [0.717, 1.165) is 5.56 Å². The van der Waals surface area contributed by atoms with Crippen LogP contribution in [0.25, 0.3) is 5.65 Å². The lowest BCUT2D eigenvalue weighted by atomic mass is 9.87. The minimum absolute atomic E-state index is 0.103. The van der Waals surface area contributed by atoms with E-state index in [4.69, 9.17) is 5.73 Å². The molecule has 3 N–H and O–H groups in total. The highest BCUT2D eigenvalue weighted by Crippen LogP contribution is 2.34. The smallest absolute Gasteiger partial charge is 0.275 e. The van der Waals surface area contributed by atoms with Crippen molar-refractivity contribution in [2.75, 3.05) is 12.4 Å². The predicted octanol–water partition coefficient (Wildman–Crippen LogP) is 1.98. The van der Waals surface area contributed by atoms with Crippen LogP contribution in [0.15, 0.2) is 59.9 Å². The van der Waals surface area contributed by atoms with Gasteiger partial charge in [0.2, 0.25) is 5.91 Å². The van der Waals surface area contributed by atoms with Gasteiger partial charge in [0, 0.05) is 25.1 Å². The highest BCUT2D eigenvalue weighted by molar-refractivity contribution is 6.03. The van der Waals surface area contributed by atoms with Crippen molar-refractivity contribution >= 4 is 29.1 Å². The van der Waals surface area contributed by atoms with Crippen LogP contribution in [0, 0.1) is 0 Å². The van der Waals surface area contributed by atoms with Crippen molar-refractivity contribution < 1.29 is 9.59 Å². The molecule has 0 radical (unpaired) electrons. The molecule has 8 heteroatoms. The maximum Gasteiger partial charge on any atom is 0.275 e. The zero-order chi connectivity index (χ0) is 19.9. The fraction of sp³-hybridized carbons (Fsp3) is 0.200. The number of amides is 2. The van der Waals surface area contributed by atoms with Gasteiger partial charge in [0.1, 0.15) is 11.3 Å². The number of carbonyl (C=O) groups is 2. The molecule has 0 saturated carbocycles. The van der Waals surface area contributed by atoms with Crippen LogP contribution in [-0.4, -0.2) is 39.1 Å². The van der Waals surface area contributed by atoms with E-state index in [9.17, 15) is 9.59 Å². The summed E-state index contributed by atoms with van der Waals surface area (Å²) in [5.74, 6) is -0.236. The lowest BCUT2D eigenvalue weighted by Crippen LogP contribution is -2.47. The molecule has 2 amide bonds. The average molecular weight is 376 g/mol. The molecule has 2 aromatic heterocycles. The average Bonchev–Trinajstić information content (AvgIpc) is 3.11. The molecule has 1 aromatic carbocycles. The van der Waals surface area contributed by atoms with E-state index < -0.39 is 5.54 Å². The highest BCUT2D eigenvalue weighted by Gasteiger charge is 2.36. The lowest BCUT2D eigenvalue weighted by molar-refractivity contribution is -0.128. The molecular formula is C20H20N6O2. The topological polar surface area (TPSA) is 105 Å². The molecule has 0 bridgehead atoms. The van der Waals surface area contributed by atoms with Crippen molar-refractivity contribution in [1.29, 1.82) is 0 Å². The first-order valence-corrected chi connectivity index (χ1v) is 8.83. The molecule has 3 heterocycles.